The van der Waals surface area contributed by atoms with Crippen LogP contribution in [-0.2, 0) is 14.3 Å². The number of ether oxygens (including phenoxy) is 2. The maximum atomic E-state index is 12.4. The number of nitrogens with zero attached hydrogens (tertiary/aromatic N) is 2. The first kappa shape index (κ1) is 12.5. The summed E-state index contributed by atoms with van der Waals surface area (Å²) in [6.07, 6.45) is 5.36. The highest BCUT2D eigenvalue weighted by atomic mass is 16.6. The number of likely N-dealkylation sites (N-methyl/N-ethyl adjacent to an activating group) is 1. The molecule has 5 heteroatoms. The van der Waals surface area contributed by atoms with Crippen LogP contribution in [0.4, 0.5) is 0 Å². The van der Waals surface area contributed by atoms with Gasteiger partial charge in [-0.2, -0.15) is 0 Å². The molecule has 0 aromatic rings. The zero-order chi connectivity index (χ0) is 13.2. The maximum Gasteiger partial charge on any atom is 0.267 e. The average Bonchev–Trinajstić information content (AvgIpc) is 2.47. The molecule has 0 aromatic heterocycles. The molecule has 1 fully saturated rings. The van der Waals surface area contributed by atoms with Gasteiger partial charge in [0.05, 0.1) is 0 Å². The first-order valence-electron chi connectivity index (χ1n) is 6.90. The highest BCUT2D eigenvalue weighted by Gasteiger charge is 2.33. The fourth-order valence-corrected chi connectivity index (χ4v) is 2.58. The van der Waals surface area contributed by atoms with Crippen LogP contribution in [0.2, 0.25) is 0 Å². The van der Waals surface area contributed by atoms with Gasteiger partial charge in [0.2, 0.25) is 6.10 Å². The molecular formula is C14H20N2O3. The highest BCUT2D eigenvalue weighted by molar-refractivity contribution is 5.81. The van der Waals surface area contributed by atoms with Crippen LogP contribution < -0.4 is 0 Å². The summed E-state index contributed by atoms with van der Waals surface area (Å²) >= 11 is 0. The van der Waals surface area contributed by atoms with Crippen LogP contribution in [0.3, 0.4) is 0 Å². The molecule has 0 spiro atoms. The van der Waals surface area contributed by atoms with Crippen LogP contribution in [0, 0.1) is 0 Å². The summed E-state index contributed by atoms with van der Waals surface area (Å²) in [4.78, 5) is 16.5. The van der Waals surface area contributed by atoms with Crippen molar-refractivity contribution in [1.82, 2.24) is 9.80 Å². The fraction of sp³-hybridized carbons (Fsp3) is 0.643. The average molecular weight is 264 g/mol. The molecule has 1 saturated heterocycles. The summed E-state index contributed by atoms with van der Waals surface area (Å²) in [7, 11) is 2.08. The van der Waals surface area contributed by atoms with E-state index in [1.54, 1.807) is 0 Å². The topological polar surface area (TPSA) is 42.0 Å². The Bertz CT molecular complexity index is 422. The van der Waals surface area contributed by atoms with Crippen molar-refractivity contribution in [1.29, 1.82) is 0 Å². The summed E-state index contributed by atoms with van der Waals surface area (Å²) in [5, 5.41) is 0. The minimum atomic E-state index is -0.482. The van der Waals surface area contributed by atoms with Gasteiger partial charge >= 0.3 is 0 Å². The minimum absolute atomic E-state index is 0.0543. The van der Waals surface area contributed by atoms with Crippen molar-refractivity contribution in [3.8, 4) is 0 Å². The number of allylic oxidation sites excluding steroid dienone is 3. The van der Waals surface area contributed by atoms with Crippen LogP contribution in [-0.4, -0.2) is 61.6 Å². The monoisotopic (exact) mass is 264 g/mol. The largest absolute Gasteiger partial charge is 0.490 e. The number of rotatable bonds is 1. The van der Waals surface area contributed by atoms with E-state index in [0.29, 0.717) is 6.61 Å². The Morgan fingerprint density at radius 2 is 2.11 bits per heavy atom. The number of hydrogen-bond acceptors (Lipinski definition) is 4. The smallest absolute Gasteiger partial charge is 0.267 e. The Labute approximate surface area is 113 Å². The summed E-state index contributed by atoms with van der Waals surface area (Å²) in [5.41, 5.74) is 0. The Morgan fingerprint density at radius 3 is 2.89 bits per heavy atom. The fourth-order valence-electron chi connectivity index (χ4n) is 2.58. The van der Waals surface area contributed by atoms with Crippen LogP contribution in [0.5, 0.6) is 0 Å². The van der Waals surface area contributed by atoms with Gasteiger partial charge < -0.3 is 19.3 Å². The molecule has 3 rings (SSSR count). The van der Waals surface area contributed by atoms with E-state index in [1.807, 2.05) is 11.0 Å². The molecule has 0 bridgehead atoms. The maximum absolute atomic E-state index is 12.4. The Kier molecular flexibility index (Phi) is 3.46. The normalized spacial score (nSPS) is 27.6. The van der Waals surface area contributed by atoms with E-state index < -0.39 is 6.10 Å². The van der Waals surface area contributed by atoms with E-state index in [1.165, 1.54) is 0 Å². The molecule has 1 aliphatic carbocycles. The van der Waals surface area contributed by atoms with Gasteiger partial charge in [0.15, 0.2) is 5.76 Å². The van der Waals surface area contributed by atoms with Crippen molar-refractivity contribution in [2.24, 2.45) is 0 Å². The third-order valence-electron chi connectivity index (χ3n) is 3.85. The van der Waals surface area contributed by atoms with Gasteiger partial charge in [-0.15, -0.1) is 0 Å². The van der Waals surface area contributed by atoms with Gasteiger partial charge in [-0.05, 0) is 19.5 Å². The Morgan fingerprint density at radius 1 is 1.32 bits per heavy atom. The molecule has 2 aliphatic heterocycles. The van der Waals surface area contributed by atoms with Crippen LogP contribution in [0.1, 0.15) is 12.8 Å². The third-order valence-corrected chi connectivity index (χ3v) is 3.85. The van der Waals surface area contributed by atoms with E-state index >= 15 is 0 Å². The van der Waals surface area contributed by atoms with Crippen molar-refractivity contribution >= 4 is 5.91 Å². The molecule has 0 radical (unpaired) electrons. The molecule has 1 unspecified atom stereocenters. The second-order valence-electron chi connectivity index (χ2n) is 5.27. The SMILES string of the molecule is CN1CCN(C(=O)C2COC3=C(C=CCC3)O2)CC1. The second kappa shape index (κ2) is 5.25. The summed E-state index contributed by atoms with van der Waals surface area (Å²) in [5.74, 6) is 1.69. The lowest BCUT2D eigenvalue weighted by Crippen LogP contribution is -2.52. The Hall–Kier alpha value is -1.49. The lowest BCUT2D eigenvalue weighted by Gasteiger charge is -2.36. The van der Waals surface area contributed by atoms with Gasteiger partial charge in [0.25, 0.3) is 5.91 Å². The highest BCUT2D eigenvalue weighted by Crippen LogP contribution is 2.27. The molecule has 5 nitrogen and oxygen atoms in total. The van der Waals surface area contributed by atoms with Gasteiger partial charge in [0.1, 0.15) is 12.4 Å². The molecule has 0 N–H and O–H groups in total. The lowest BCUT2D eigenvalue weighted by atomic mass is 10.1. The number of hydrogen-bond donors (Lipinski definition) is 0. The molecule has 0 saturated carbocycles. The van der Waals surface area contributed by atoms with E-state index in [0.717, 1.165) is 50.5 Å². The minimum Gasteiger partial charge on any atom is -0.490 e. The van der Waals surface area contributed by atoms with Crippen LogP contribution in [0.15, 0.2) is 23.7 Å². The van der Waals surface area contributed by atoms with E-state index in [2.05, 4.69) is 18.0 Å². The molecule has 104 valence electrons. The van der Waals surface area contributed by atoms with E-state index in [4.69, 9.17) is 9.47 Å². The number of carbonyl (C=O) groups excluding carboxylic acids is 1. The predicted octanol–water partition coefficient (Wildman–Crippen LogP) is 0.737. The molecule has 2 heterocycles. The van der Waals surface area contributed by atoms with Gasteiger partial charge in [-0.25, -0.2) is 0 Å². The van der Waals surface area contributed by atoms with Crippen molar-refractivity contribution in [3.63, 3.8) is 0 Å². The first-order chi connectivity index (χ1) is 9.24. The molecular weight excluding hydrogens is 244 g/mol. The third kappa shape index (κ3) is 2.61. The zero-order valence-electron chi connectivity index (χ0n) is 11.3. The van der Waals surface area contributed by atoms with Crippen LogP contribution >= 0.6 is 0 Å². The number of amides is 1. The first-order valence-corrected chi connectivity index (χ1v) is 6.90. The van der Waals surface area contributed by atoms with Crippen molar-refractivity contribution in [2.45, 2.75) is 18.9 Å². The summed E-state index contributed by atoms with van der Waals surface area (Å²) in [6, 6.07) is 0. The van der Waals surface area contributed by atoms with Crippen LogP contribution in [0.25, 0.3) is 0 Å². The lowest BCUT2D eigenvalue weighted by molar-refractivity contribution is -0.148. The standard InChI is InChI=1S/C14H20N2O3/c1-15-6-8-16(9-7-15)14(17)13-10-18-11-4-2-3-5-12(11)19-13/h3,5,13H,2,4,6-10H2,1H3. The number of carbonyl (C=O) groups is 1. The van der Waals surface area contributed by atoms with Crippen molar-refractivity contribution in [3.05, 3.63) is 23.7 Å². The summed E-state index contributed by atoms with van der Waals surface area (Å²) in [6.45, 7) is 3.74. The Balaban J connectivity index is 1.62. The van der Waals surface area contributed by atoms with Crippen molar-refractivity contribution in [2.75, 3.05) is 39.8 Å². The van der Waals surface area contributed by atoms with Gasteiger partial charge in [0, 0.05) is 32.6 Å². The summed E-state index contributed by atoms with van der Waals surface area (Å²) < 4.78 is 11.5. The van der Waals surface area contributed by atoms with Gasteiger partial charge in [-0.1, -0.05) is 6.08 Å². The quantitative estimate of drug-likeness (QED) is 0.700. The zero-order valence-corrected chi connectivity index (χ0v) is 11.3. The second-order valence-corrected chi connectivity index (χ2v) is 5.27. The van der Waals surface area contributed by atoms with E-state index in [-0.39, 0.29) is 5.91 Å². The van der Waals surface area contributed by atoms with Crippen molar-refractivity contribution < 1.29 is 14.3 Å². The number of piperazine rings is 1. The molecule has 0 aromatic carbocycles. The molecule has 1 amide bonds. The predicted molar refractivity (Wildman–Crippen MR) is 70.3 cm³/mol. The molecule has 19 heavy (non-hydrogen) atoms. The molecule has 3 aliphatic rings. The van der Waals surface area contributed by atoms with E-state index in [9.17, 15) is 4.79 Å². The molecule has 1 atom stereocenters. The van der Waals surface area contributed by atoms with Gasteiger partial charge in [-0.3, -0.25) is 4.79 Å².